The van der Waals surface area contributed by atoms with Crippen LogP contribution in [0.25, 0.3) is 0 Å². The lowest BCUT2D eigenvalue weighted by Gasteiger charge is -2.24. The zero-order chi connectivity index (χ0) is 20.6. The molecular formula is C20H19ClN2O4S2. The van der Waals surface area contributed by atoms with Crippen LogP contribution in [0, 0.1) is 0 Å². The first-order valence-electron chi connectivity index (χ1n) is 9.01. The zero-order valence-corrected chi connectivity index (χ0v) is 18.0. The molecule has 152 valence electrons. The predicted molar refractivity (Wildman–Crippen MR) is 117 cm³/mol. The van der Waals surface area contributed by atoms with Crippen LogP contribution in [0.5, 0.6) is 5.75 Å². The summed E-state index contributed by atoms with van der Waals surface area (Å²) in [6.45, 7) is 0. The molecule has 0 saturated carbocycles. The Labute approximate surface area is 178 Å². The smallest absolute Gasteiger partial charge is 0.252 e. The Kier molecular flexibility index (Phi) is 5.59. The number of carbonyl (C=O) groups excluding carboxylic acids is 1. The van der Waals surface area contributed by atoms with E-state index in [1.54, 1.807) is 31.4 Å². The molecule has 1 amide bonds. The summed E-state index contributed by atoms with van der Waals surface area (Å²) in [4.78, 5) is 18.8. The number of fused-ring (bicyclic) bond motifs is 1. The van der Waals surface area contributed by atoms with E-state index < -0.39 is 9.84 Å². The van der Waals surface area contributed by atoms with Crippen LogP contribution in [0.1, 0.15) is 5.56 Å². The molecule has 0 bridgehead atoms. The van der Waals surface area contributed by atoms with E-state index in [2.05, 4.69) is 4.99 Å². The van der Waals surface area contributed by atoms with Gasteiger partial charge in [-0.1, -0.05) is 41.6 Å². The molecule has 2 fully saturated rings. The van der Waals surface area contributed by atoms with Gasteiger partial charge in [-0.15, -0.1) is 0 Å². The van der Waals surface area contributed by atoms with Gasteiger partial charge in [0.05, 0.1) is 31.1 Å². The van der Waals surface area contributed by atoms with Crippen molar-refractivity contribution < 1.29 is 17.9 Å². The van der Waals surface area contributed by atoms with Gasteiger partial charge in [0.15, 0.2) is 15.0 Å². The molecular weight excluding hydrogens is 432 g/mol. The second kappa shape index (κ2) is 8.01. The molecule has 0 N–H and O–H groups in total. The van der Waals surface area contributed by atoms with Crippen molar-refractivity contribution in [3.63, 3.8) is 0 Å². The van der Waals surface area contributed by atoms with E-state index in [0.717, 1.165) is 5.69 Å². The van der Waals surface area contributed by atoms with Crippen LogP contribution in [0.4, 0.5) is 5.69 Å². The van der Waals surface area contributed by atoms with E-state index in [0.29, 0.717) is 21.5 Å². The number of thioether (sulfide) groups is 1. The number of aliphatic imine (C=N–C) groups is 1. The fourth-order valence-electron chi connectivity index (χ4n) is 3.56. The molecule has 2 aromatic rings. The first-order chi connectivity index (χ1) is 13.9. The van der Waals surface area contributed by atoms with Gasteiger partial charge in [0.1, 0.15) is 5.75 Å². The maximum Gasteiger partial charge on any atom is 0.252 e. The number of rotatable bonds is 4. The van der Waals surface area contributed by atoms with Crippen LogP contribution < -0.4 is 9.64 Å². The molecule has 0 unspecified atom stereocenters. The summed E-state index contributed by atoms with van der Waals surface area (Å²) in [5.41, 5.74) is 1.50. The van der Waals surface area contributed by atoms with Crippen LogP contribution in [0.15, 0.2) is 53.5 Å². The van der Waals surface area contributed by atoms with Gasteiger partial charge in [0.2, 0.25) is 0 Å². The molecule has 0 spiro atoms. The molecule has 0 aromatic heterocycles. The molecule has 2 aliphatic heterocycles. The molecule has 0 aliphatic carbocycles. The van der Waals surface area contributed by atoms with Gasteiger partial charge in [0, 0.05) is 16.0 Å². The number of amides is 1. The summed E-state index contributed by atoms with van der Waals surface area (Å²) in [7, 11) is -1.53. The second-order valence-corrected chi connectivity index (χ2v) is 10.7. The van der Waals surface area contributed by atoms with Crippen molar-refractivity contribution in [2.24, 2.45) is 4.99 Å². The molecule has 2 aromatic carbocycles. The minimum Gasteiger partial charge on any atom is -0.497 e. The fourth-order valence-corrected chi connectivity index (χ4v) is 7.69. The first kappa shape index (κ1) is 20.3. The maximum atomic E-state index is 12.6. The number of methoxy groups -OCH3 is 1. The number of carbonyl (C=O) groups is 1. The number of benzene rings is 2. The quantitative estimate of drug-likeness (QED) is 0.712. The van der Waals surface area contributed by atoms with Crippen LogP contribution in [-0.4, -0.2) is 49.4 Å². The molecule has 2 heterocycles. The molecule has 2 aliphatic rings. The molecule has 6 nitrogen and oxygen atoms in total. The molecule has 2 saturated heterocycles. The molecule has 0 radical (unpaired) electrons. The molecule has 4 rings (SSSR count). The Morgan fingerprint density at radius 3 is 2.62 bits per heavy atom. The Balaban J connectivity index is 1.64. The number of halogens is 1. The van der Waals surface area contributed by atoms with Gasteiger partial charge in [-0.3, -0.25) is 4.79 Å². The summed E-state index contributed by atoms with van der Waals surface area (Å²) in [5, 5.41) is 0.904. The van der Waals surface area contributed by atoms with Crippen LogP contribution in [-0.2, 0) is 21.1 Å². The van der Waals surface area contributed by atoms with Crippen molar-refractivity contribution in [3.8, 4) is 5.75 Å². The second-order valence-electron chi connectivity index (χ2n) is 6.92. The number of hydrogen-bond donors (Lipinski definition) is 0. The number of amidine groups is 1. The van der Waals surface area contributed by atoms with Crippen LogP contribution in [0.3, 0.4) is 0 Å². The standard InChI is InChI=1S/C20H19ClN2O4S2/c1-27-15-8-6-14(7-9-15)23-17-11-29(25,26)12-18(17)28-20(23)22-19(24)10-13-4-2-3-5-16(13)21/h2-9,17-18H,10-12H2,1H3/t17-,18+/m0/s1. The Morgan fingerprint density at radius 2 is 1.93 bits per heavy atom. The lowest BCUT2D eigenvalue weighted by Crippen LogP contribution is -2.37. The summed E-state index contributed by atoms with van der Waals surface area (Å²) >= 11 is 7.50. The van der Waals surface area contributed by atoms with Gasteiger partial charge in [-0.2, -0.15) is 4.99 Å². The van der Waals surface area contributed by atoms with Crippen molar-refractivity contribution in [3.05, 3.63) is 59.1 Å². The normalized spacial score (nSPS) is 23.9. The monoisotopic (exact) mass is 450 g/mol. The lowest BCUT2D eigenvalue weighted by atomic mass is 10.1. The van der Waals surface area contributed by atoms with Crippen molar-refractivity contribution in [2.45, 2.75) is 17.7 Å². The summed E-state index contributed by atoms with van der Waals surface area (Å²) in [6.07, 6.45) is 0.0911. The minimum absolute atomic E-state index is 0.0500. The number of ether oxygens (including phenoxy) is 1. The highest BCUT2D eigenvalue weighted by atomic mass is 35.5. The van der Waals surface area contributed by atoms with E-state index in [9.17, 15) is 13.2 Å². The summed E-state index contributed by atoms with van der Waals surface area (Å²) in [5.74, 6) is 0.521. The van der Waals surface area contributed by atoms with Gasteiger partial charge in [0.25, 0.3) is 5.91 Å². The number of hydrogen-bond acceptors (Lipinski definition) is 5. The fraction of sp³-hybridized carbons (Fsp3) is 0.300. The number of sulfone groups is 1. The summed E-state index contributed by atoms with van der Waals surface area (Å²) < 4.78 is 29.5. The average molecular weight is 451 g/mol. The van der Waals surface area contributed by atoms with Crippen molar-refractivity contribution >= 4 is 50.0 Å². The average Bonchev–Trinajstić information content (AvgIpc) is 3.14. The van der Waals surface area contributed by atoms with Crippen molar-refractivity contribution in [2.75, 3.05) is 23.5 Å². The largest absolute Gasteiger partial charge is 0.497 e. The Hall–Kier alpha value is -2.03. The lowest BCUT2D eigenvalue weighted by molar-refractivity contribution is -0.117. The highest BCUT2D eigenvalue weighted by Crippen LogP contribution is 2.41. The molecule has 29 heavy (non-hydrogen) atoms. The third-order valence-electron chi connectivity index (χ3n) is 4.94. The van der Waals surface area contributed by atoms with Crippen molar-refractivity contribution in [1.29, 1.82) is 0 Å². The SMILES string of the molecule is COc1ccc(N2C(=NC(=O)Cc3ccccc3Cl)S[C@@H]3CS(=O)(=O)C[C@@H]32)cc1. The van der Waals surface area contributed by atoms with E-state index in [1.165, 1.54) is 11.8 Å². The van der Waals surface area contributed by atoms with Crippen LogP contribution in [0.2, 0.25) is 5.02 Å². The minimum atomic E-state index is -3.11. The maximum absolute atomic E-state index is 12.6. The van der Waals surface area contributed by atoms with Gasteiger partial charge >= 0.3 is 0 Å². The Morgan fingerprint density at radius 1 is 1.21 bits per heavy atom. The third-order valence-corrected chi connectivity index (χ3v) is 8.52. The third kappa shape index (κ3) is 4.29. The Bertz CT molecular complexity index is 1070. The van der Waals surface area contributed by atoms with Crippen LogP contribution >= 0.6 is 23.4 Å². The number of anilines is 1. The topological polar surface area (TPSA) is 76.0 Å². The summed E-state index contributed by atoms with van der Waals surface area (Å²) in [6, 6.07) is 14.2. The highest BCUT2D eigenvalue weighted by molar-refractivity contribution is 8.16. The predicted octanol–water partition coefficient (Wildman–Crippen LogP) is 3.19. The van der Waals surface area contributed by atoms with E-state index in [-0.39, 0.29) is 35.1 Å². The van der Waals surface area contributed by atoms with Gasteiger partial charge < -0.3 is 9.64 Å². The first-order valence-corrected chi connectivity index (χ1v) is 12.1. The van der Waals surface area contributed by atoms with E-state index in [4.69, 9.17) is 16.3 Å². The van der Waals surface area contributed by atoms with Gasteiger partial charge in [-0.25, -0.2) is 8.42 Å². The highest BCUT2D eigenvalue weighted by Gasteiger charge is 2.49. The molecule has 9 heteroatoms. The van der Waals surface area contributed by atoms with E-state index in [1.807, 2.05) is 29.2 Å². The zero-order valence-electron chi connectivity index (χ0n) is 15.6. The number of nitrogens with zero attached hydrogens (tertiary/aromatic N) is 2. The van der Waals surface area contributed by atoms with Gasteiger partial charge in [-0.05, 0) is 35.9 Å². The van der Waals surface area contributed by atoms with E-state index >= 15 is 0 Å². The van der Waals surface area contributed by atoms with Crippen molar-refractivity contribution in [1.82, 2.24) is 0 Å². The molecule has 2 atom stereocenters.